The van der Waals surface area contributed by atoms with Crippen LogP contribution in [0.3, 0.4) is 0 Å². The monoisotopic (exact) mass is 174 g/mol. The third-order valence-corrected chi connectivity index (χ3v) is 2.68. The van der Waals surface area contributed by atoms with Crippen LogP contribution in [0.4, 0.5) is 0 Å². The minimum absolute atomic E-state index is 0.549. The van der Waals surface area contributed by atoms with E-state index in [1.807, 2.05) is 6.92 Å². The molecule has 0 unspecified atom stereocenters. The first-order chi connectivity index (χ1) is 6.24. The zero-order valence-electron chi connectivity index (χ0n) is 7.50. The van der Waals surface area contributed by atoms with E-state index in [-0.39, 0.29) is 0 Å². The summed E-state index contributed by atoms with van der Waals surface area (Å²) >= 11 is 0. The molecule has 1 aromatic heterocycles. The number of hydrogen-bond acceptors (Lipinski definition) is 2. The highest BCUT2D eigenvalue weighted by Gasteiger charge is 2.22. The Morgan fingerprint density at radius 3 is 2.85 bits per heavy atom. The van der Waals surface area contributed by atoms with Crippen molar-refractivity contribution in [1.82, 2.24) is 0 Å². The van der Waals surface area contributed by atoms with Crippen LogP contribution in [-0.2, 0) is 12.8 Å². The molecule has 1 aliphatic carbocycles. The van der Waals surface area contributed by atoms with Crippen LogP contribution in [0.15, 0.2) is 6.20 Å². The lowest BCUT2D eigenvalue weighted by Gasteiger charge is -2.06. The zero-order valence-corrected chi connectivity index (χ0v) is 7.50. The van der Waals surface area contributed by atoms with E-state index in [0.29, 0.717) is 5.56 Å². The standard InChI is InChI=1S/C10H10N2O/c1-7-9-3-2-4-10(9)8(5-11)6-12(7)13/h6H,2-4H2,1H3. The summed E-state index contributed by atoms with van der Waals surface area (Å²) in [6, 6.07) is 2.07. The minimum Gasteiger partial charge on any atom is -0.618 e. The molecule has 0 radical (unpaired) electrons. The highest BCUT2D eigenvalue weighted by molar-refractivity contribution is 5.43. The molecule has 0 fully saturated rings. The molecular formula is C10H10N2O. The van der Waals surface area contributed by atoms with Crippen LogP contribution in [0.1, 0.15) is 28.8 Å². The summed E-state index contributed by atoms with van der Waals surface area (Å²) in [6.45, 7) is 1.82. The summed E-state index contributed by atoms with van der Waals surface area (Å²) < 4.78 is 0.808. The molecule has 2 rings (SSSR count). The van der Waals surface area contributed by atoms with Gasteiger partial charge in [-0.3, -0.25) is 0 Å². The number of hydrogen-bond donors (Lipinski definition) is 0. The van der Waals surface area contributed by atoms with E-state index in [1.54, 1.807) is 0 Å². The van der Waals surface area contributed by atoms with Crippen LogP contribution in [0.5, 0.6) is 0 Å². The second-order valence-corrected chi connectivity index (χ2v) is 3.38. The number of fused-ring (bicyclic) bond motifs is 1. The SMILES string of the molecule is Cc1c2c(c(C#N)c[n+]1[O-])CCC2. The van der Waals surface area contributed by atoms with Crippen molar-refractivity contribution in [1.29, 1.82) is 5.26 Å². The molecule has 3 heteroatoms. The second-order valence-electron chi connectivity index (χ2n) is 3.38. The van der Waals surface area contributed by atoms with E-state index in [1.165, 1.54) is 6.20 Å². The van der Waals surface area contributed by atoms with Gasteiger partial charge in [0.15, 0.2) is 11.9 Å². The fourth-order valence-corrected chi connectivity index (χ4v) is 1.96. The molecule has 0 amide bonds. The third-order valence-electron chi connectivity index (χ3n) is 2.68. The molecular weight excluding hydrogens is 164 g/mol. The molecule has 0 atom stereocenters. The van der Waals surface area contributed by atoms with Crippen LogP contribution in [0.25, 0.3) is 0 Å². The lowest BCUT2D eigenvalue weighted by atomic mass is 10.1. The van der Waals surface area contributed by atoms with Gasteiger partial charge in [-0.25, -0.2) is 0 Å². The lowest BCUT2D eigenvalue weighted by molar-refractivity contribution is -0.612. The Balaban J connectivity index is 2.73. The van der Waals surface area contributed by atoms with Gasteiger partial charge in [0.1, 0.15) is 11.6 Å². The van der Waals surface area contributed by atoms with Crippen molar-refractivity contribution in [2.75, 3.05) is 0 Å². The molecule has 0 N–H and O–H groups in total. The predicted octanol–water partition coefficient (Wildman–Crippen LogP) is 0.989. The summed E-state index contributed by atoms with van der Waals surface area (Å²) in [5.74, 6) is 0. The molecule has 66 valence electrons. The zero-order chi connectivity index (χ0) is 9.42. The molecule has 0 aromatic carbocycles. The van der Waals surface area contributed by atoms with E-state index in [0.717, 1.165) is 40.8 Å². The Hall–Kier alpha value is -1.56. The Labute approximate surface area is 76.8 Å². The van der Waals surface area contributed by atoms with Gasteiger partial charge in [0.05, 0.1) is 0 Å². The van der Waals surface area contributed by atoms with Crippen molar-refractivity contribution >= 4 is 0 Å². The van der Waals surface area contributed by atoms with Gasteiger partial charge in [-0.1, -0.05) is 0 Å². The smallest absolute Gasteiger partial charge is 0.198 e. The summed E-state index contributed by atoms with van der Waals surface area (Å²) in [6.07, 6.45) is 4.34. The first-order valence-electron chi connectivity index (χ1n) is 4.38. The first-order valence-corrected chi connectivity index (χ1v) is 4.38. The maximum absolute atomic E-state index is 11.3. The van der Waals surface area contributed by atoms with Gasteiger partial charge in [0.25, 0.3) is 0 Å². The molecule has 1 aliphatic rings. The highest BCUT2D eigenvalue weighted by Crippen LogP contribution is 2.25. The van der Waals surface area contributed by atoms with Gasteiger partial charge >= 0.3 is 0 Å². The average molecular weight is 174 g/mol. The molecule has 0 aliphatic heterocycles. The van der Waals surface area contributed by atoms with Crippen molar-refractivity contribution in [2.45, 2.75) is 26.2 Å². The summed E-state index contributed by atoms with van der Waals surface area (Å²) in [4.78, 5) is 0. The summed E-state index contributed by atoms with van der Waals surface area (Å²) in [7, 11) is 0. The van der Waals surface area contributed by atoms with Gasteiger partial charge in [-0.15, -0.1) is 0 Å². The van der Waals surface area contributed by atoms with Crippen molar-refractivity contribution in [2.24, 2.45) is 0 Å². The van der Waals surface area contributed by atoms with Crippen molar-refractivity contribution in [3.05, 3.63) is 33.8 Å². The summed E-state index contributed by atoms with van der Waals surface area (Å²) in [5, 5.41) is 20.1. The number of nitrogens with zero attached hydrogens (tertiary/aromatic N) is 2. The van der Waals surface area contributed by atoms with Gasteiger partial charge < -0.3 is 5.21 Å². The molecule has 1 heterocycles. The molecule has 13 heavy (non-hydrogen) atoms. The number of nitriles is 1. The molecule has 3 nitrogen and oxygen atoms in total. The number of pyridine rings is 1. The summed E-state index contributed by atoms with van der Waals surface area (Å²) in [5.41, 5.74) is 3.49. The molecule has 1 aromatic rings. The maximum atomic E-state index is 11.3. The molecule has 0 saturated carbocycles. The Kier molecular flexibility index (Phi) is 1.70. The van der Waals surface area contributed by atoms with Crippen LogP contribution in [0, 0.1) is 23.5 Å². The Morgan fingerprint density at radius 2 is 2.15 bits per heavy atom. The fraction of sp³-hybridized carbons (Fsp3) is 0.400. The van der Waals surface area contributed by atoms with E-state index in [9.17, 15) is 5.21 Å². The average Bonchev–Trinajstić information content (AvgIpc) is 2.60. The van der Waals surface area contributed by atoms with E-state index < -0.39 is 0 Å². The van der Waals surface area contributed by atoms with E-state index in [4.69, 9.17) is 5.26 Å². The van der Waals surface area contributed by atoms with Crippen molar-refractivity contribution in [3.8, 4) is 6.07 Å². The quantitative estimate of drug-likeness (QED) is 0.435. The Bertz CT molecular complexity index is 404. The number of rotatable bonds is 0. The Morgan fingerprint density at radius 1 is 1.46 bits per heavy atom. The lowest BCUT2D eigenvalue weighted by Crippen LogP contribution is -2.31. The van der Waals surface area contributed by atoms with Crippen LogP contribution in [-0.4, -0.2) is 0 Å². The van der Waals surface area contributed by atoms with Crippen LogP contribution < -0.4 is 4.73 Å². The van der Waals surface area contributed by atoms with Gasteiger partial charge in [0, 0.05) is 12.5 Å². The number of aromatic nitrogens is 1. The van der Waals surface area contributed by atoms with Gasteiger partial charge in [0.2, 0.25) is 0 Å². The first kappa shape index (κ1) is 8.06. The van der Waals surface area contributed by atoms with Gasteiger partial charge in [-0.05, 0) is 24.8 Å². The van der Waals surface area contributed by atoms with E-state index >= 15 is 0 Å². The van der Waals surface area contributed by atoms with Gasteiger partial charge in [-0.2, -0.15) is 9.99 Å². The minimum atomic E-state index is 0.549. The van der Waals surface area contributed by atoms with Crippen LogP contribution in [0.2, 0.25) is 0 Å². The normalized spacial score (nSPS) is 13.8. The van der Waals surface area contributed by atoms with Crippen LogP contribution >= 0.6 is 0 Å². The molecule has 0 saturated heterocycles. The maximum Gasteiger partial charge on any atom is 0.198 e. The predicted molar refractivity (Wildman–Crippen MR) is 46.9 cm³/mol. The second kappa shape index (κ2) is 2.74. The largest absolute Gasteiger partial charge is 0.618 e. The molecule has 0 bridgehead atoms. The topological polar surface area (TPSA) is 50.7 Å². The van der Waals surface area contributed by atoms with E-state index in [2.05, 4.69) is 6.07 Å². The third kappa shape index (κ3) is 1.06. The highest BCUT2D eigenvalue weighted by atomic mass is 16.5. The fourth-order valence-electron chi connectivity index (χ4n) is 1.96. The van der Waals surface area contributed by atoms with Crippen molar-refractivity contribution in [3.63, 3.8) is 0 Å². The molecule has 0 spiro atoms. The van der Waals surface area contributed by atoms with Crippen molar-refractivity contribution < 1.29 is 4.73 Å².